The zero-order valence-corrected chi connectivity index (χ0v) is 50.8. The van der Waals surface area contributed by atoms with Crippen LogP contribution in [0.1, 0.15) is 42.1 Å². The standard InChI is InChI=1S/C68H52B2F3N7O7S3/c1-85-51-34-36-57-55(39-51)76-66(88-57)53(41-74)64-60-61(63(80(64)70(47-21-11-5-12-22-47)48-23-13-6-14-24-48)44-28-32-50(33-29-44)87-38-16-15-25-59(82)78-90(83,84)68(71,72)73)65(54(42-75)67-77-56-40-52(86-2)35-37-58(56)89-67)79(62(60)43-26-30-49(81)31-27-43)69(45-17-7-3-8-18-45)46-19-9-4-10-20-46/h3-14,17-24,26,28,30-37,39-40,81H,15-16,25,27,29,38H2,1-2H3,(H,78,82)/b62-43?,63-44?,64-53-,65-54-. The fraction of sp³-hybridized carbons (Fsp3) is 0.132. The number of aliphatic hydroxyl groups is 1. The van der Waals surface area contributed by atoms with Crippen molar-refractivity contribution in [1.29, 1.82) is 10.5 Å². The average Bonchev–Trinajstić information content (AvgIpc) is 1.53. The topological polar surface area (TPSA) is 194 Å². The predicted molar refractivity (Wildman–Crippen MR) is 350 cm³/mol. The van der Waals surface area contributed by atoms with E-state index in [4.69, 9.17) is 24.2 Å². The van der Waals surface area contributed by atoms with E-state index in [1.807, 2.05) is 127 Å². The van der Waals surface area contributed by atoms with E-state index in [9.17, 15) is 42.0 Å². The van der Waals surface area contributed by atoms with E-state index in [2.05, 4.69) is 69.6 Å². The first-order valence-corrected chi connectivity index (χ1v) is 31.7. The number of unbranched alkanes of at least 4 members (excludes halogenated alkanes) is 1. The summed E-state index contributed by atoms with van der Waals surface area (Å²) in [5.74, 6) is 0.402. The van der Waals surface area contributed by atoms with Crippen LogP contribution in [0.5, 0.6) is 11.5 Å². The second-order valence-electron chi connectivity index (χ2n) is 21.2. The van der Waals surface area contributed by atoms with Crippen molar-refractivity contribution in [3.63, 3.8) is 0 Å². The predicted octanol–water partition coefficient (Wildman–Crippen LogP) is 8.13. The molecule has 0 unspecified atom stereocenters. The van der Waals surface area contributed by atoms with Crippen molar-refractivity contribution < 1.29 is 45.7 Å². The van der Waals surface area contributed by atoms with E-state index in [1.54, 1.807) is 32.4 Å². The molecule has 6 aromatic carbocycles. The maximum absolute atomic E-state index is 13.0. The Morgan fingerprint density at radius 1 is 0.633 bits per heavy atom. The van der Waals surface area contributed by atoms with Crippen LogP contribution < -0.4 is 57.4 Å². The van der Waals surface area contributed by atoms with Gasteiger partial charge in [-0.25, -0.2) is 14.7 Å². The number of nitriles is 2. The first-order valence-electron chi connectivity index (χ1n) is 28.6. The average molecular weight is 1250 g/mol. The molecule has 0 spiro atoms. The Morgan fingerprint density at radius 2 is 1.07 bits per heavy atom. The van der Waals surface area contributed by atoms with Crippen molar-refractivity contribution in [2.24, 2.45) is 0 Å². The number of allylic oxidation sites excluding steroid dienone is 6. The van der Waals surface area contributed by atoms with Crippen molar-refractivity contribution >= 4 is 128 Å². The second-order valence-corrected chi connectivity index (χ2v) is 24.9. The minimum atomic E-state index is -5.86. The molecule has 1 amide bonds. The number of methoxy groups -OCH3 is 2. The lowest BCUT2D eigenvalue weighted by Crippen LogP contribution is -2.59. The molecule has 22 heteroatoms. The van der Waals surface area contributed by atoms with Gasteiger partial charge in [0.15, 0.2) is 0 Å². The SMILES string of the molecule is COc1ccc2sc(/C(C#N)=c3/c4c(=C5C=CC(OCCCCC(=O)NS(=O)(=O)C(F)(F)F)=CC5)n(B(c5ccccc5)c5ccccc5)/c(=C(/C#N)c5nc6cc(OC)ccc6s5)c4c(=C4C=CC(O)=CC4)n3B(c3ccccc3)c3ccccc3)nc2c1. The van der Waals surface area contributed by atoms with Gasteiger partial charge in [-0.3, -0.25) is 4.79 Å². The Morgan fingerprint density at radius 3 is 1.44 bits per heavy atom. The number of nitrogens with one attached hydrogen (secondary N) is 1. The molecule has 12 rings (SSSR count). The first-order chi connectivity index (χ1) is 43.7. The number of fused-ring (bicyclic) bond motifs is 3. The van der Waals surface area contributed by atoms with Crippen LogP contribution in [0.4, 0.5) is 13.2 Å². The van der Waals surface area contributed by atoms with Gasteiger partial charge in [0.25, 0.3) is 0 Å². The molecule has 0 bridgehead atoms. The van der Waals surface area contributed by atoms with Crippen LogP contribution in [0.2, 0.25) is 0 Å². The maximum atomic E-state index is 13.0. The fourth-order valence-electron chi connectivity index (χ4n) is 11.6. The summed E-state index contributed by atoms with van der Waals surface area (Å²) >= 11 is 2.73. The molecule has 4 aromatic heterocycles. The molecule has 0 saturated heterocycles. The number of hydrogen-bond acceptors (Lipinski definition) is 13. The minimum Gasteiger partial charge on any atom is -0.508 e. The zero-order valence-electron chi connectivity index (χ0n) is 48.3. The summed E-state index contributed by atoms with van der Waals surface area (Å²) in [5, 5.41) is 40.2. The Labute approximate surface area is 523 Å². The second kappa shape index (κ2) is 25.5. The van der Waals surface area contributed by atoms with Gasteiger partial charge in [0.1, 0.15) is 56.3 Å². The summed E-state index contributed by atoms with van der Waals surface area (Å²) in [5.41, 5.74) is 1.06. The van der Waals surface area contributed by atoms with Crippen molar-refractivity contribution in [2.45, 2.75) is 37.6 Å². The highest BCUT2D eigenvalue weighted by atomic mass is 32.2. The third-order valence-electron chi connectivity index (χ3n) is 15.6. The number of carbonyl (C=O) groups is 1. The van der Waals surface area contributed by atoms with Crippen LogP contribution in [0.25, 0.3) is 53.5 Å². The van der Waals surface area contributed by atoms with Crippen LogP contribution in [-0.2, 0) is 19.6 Å². The number of sulfonamides is 1. The normalized spacial score (nSPS) is 15.2. The number of rotatable bonds is 17. The lowest BCUT2D eigenvalue weighted by atomic mass is 9.50. The summed E-state index contributed by atoms with van der Waals surface area (Å²) in [7, 11) is -2.68. The van der Waals surface area contributed by atoms with E-state index >= 15 is 0 Å². The lowest BCUT2D eigenvalue weighted by Gasteiger charge is -2.22. The number of ether oxygens (including phenoxy) is 3. The van der Waals surface area contributed by atoms with Crippen LogP contribution in [0.3, 0.4) is 0 Å². The van der Waals surface area contributed by atoms with Crippen molar-refractivity contribution in [1.82, 2.24) is 23.6 Å². The fourth-order valence-corrected chi connectivity index (χ4v) is 14.0. The molecule has 0 atom stereocenters. The summed E-state index contributed by atoms with van der Waals surface area (Å²) in [6, 6.07) is 56.7. The third-order valence-corrected chi connectivity index (χ3v) is 18.9. The quantitative estimate of drug-likeness (QED) is 0.0660. The molecular weight excluding hydrogens is 1200 g/mol. The summed E-state index contributed by atoms with van der Waals surface area (Å²) in [6.45, 7) is -1.31. The molecule has 0 fully saturated rings. The molecule has 2 aliphatic rings. The largest absolute Gasteiger partial charge is 0.516 e. The van der Waals surface area contributed by atoms with E-state index in [0.717, 1.165) is 47.1 Å². The number of carbonyl (C=O) groups excluding carboxylic acids is 1. The number of thiazole rings is 2. The van der Waals surface area contributed by atoms with Gasteiger partial charge >= 0.3 is 29.2 Å². The number of aromatic nitrogens is 4. The maximum Gasteiger partial charge on any atom is 0.516 e. The summed E-state index contributed by atoms with van der Waals surface area (Å²) in [4.78, 5) is 22.8. The Kier molecular flexibility index (Phi) is 17.1. The van der Waals surface area contributed by atoms with Gasteiger partial charge in [-0.2, -0.15) is 32.1 Å². The van der Waals surface area contributed by atoms with Gasteiger partial charge in [-0.15, -0.1) is 22.7 Å². The van der Waals surface area contributed by atoms with Crippen LogP contribution in [-0.4, -0.2) is 78.4 Å². The van der Waals surface area contributed by atoms with Gasteiger partial charge in [0, 0.05) is 40.0 Å². The number of benzene rings is 6. The van der Waals surface area contributed by atoms with Crippen molar-refractivity contribution in [2.75, 3.05) is 20.8 Å². The molecule has 2 N–H and O–H groups in total. The number of halogens is 3. The lowest BCUT2D eigenvalue weighted by molar-refractivity contribution is -0.120. The molecule has 4 heterocycles. The molecule has 446 valence electrons. The molecule has 90 heavy (non-hydrogen) atoms. The number of hydrogen-bond donors (Lipinski definition) is 2. The highest BCUT2D eigenvalue weighted by molar-refractivity contribution is 7.90. The molecular formula is C68H52B2F3N7O7S3. The van der Waals surface area contributed by atoms with Gasteiger partial charge in [0.2, 0.25) is 5.91 Å². The zero-order chi connectivity index (χ0) is 62.7. The Hall–Kier alpha value is -10.1. The Bertz CT molecular complexity index is 4890. The smallest absolute Gasteiger partial charge is 0.508 e. The van der Waals surface area contributed by atoms with Gasteiger partial charge in [0.05, 0.1) is 52.0 Å². The molecule has 0 radical (unpaired) electrons. The van der Waals surface area contributed by atoms with E-state index in [1.165, 1.54) is 22.7 Å². The molecule has 0 saturated carbocycles. The minimum absolute atomic E-state index is 0.0285. The van der Waals surface area contributed by atoms with Crippen molar-refractivity contribution in [3.8, 4) is 23.6 Å². The third kappa shape index (κ3) is 11.8. The highest BCUT2D eigenvalue weighted by Crippen LogP contribution is 2.32. The monoisotopic (exact) mass is 1250 g/mol. The Balaban J connectivity index is 1.27. The number of amides is 1. The summed E-state index contributed by atoms with van der Waals surface area (Å²) in [6.07, 6.45) is 11.1. The number of aliphatic hydroxyl groups excluding tert-OH is 1. The van der Waals surface area contributed by atoms with Gasteiger partial charge in [-0.05, 0) is 85.4 Å². The highest BCUT2D eigenvalue weighted by Gasteiger charge is 2.47. The summed E-state index contributed by atoms with van der Waals surface area (Å²) < 4.78 is 87.1. The van der Waals surface area contributed by atoms with Crippen LogP contribution in [0, 0.1) is 22.7 Å². The molecule has 10 aromatic rings. The number of nitrogens with zero attached hydrogens (tertiary/aromatic N) is 6. The van der Waals surface area contributed by atoms with Crippen LogP contribution >= 0.6 is 22.7 Å². The van der Waals surface area contributed by atoms with Gasteiger partial charge < -0.3 is 28.3 Å². The van der Waals surface area contributed by atoms with E-state index in [-0.39, 0.29) is 49.2 Å². The molecule has 14 nitrogen and oxygen atoms in total. The van der Waals surface area contributed by atoms with E-state index in [0.29, 0.717) is 70.5 Å². The van der Waals surface area contributed by atoms with Crippen molar-refractivity contribution in [3.05, 3.63) is 237 Å². The van der Waals surface area contributed by atoms with Crippen LogP contribution in [0.15, 0.2) is 206 Å². The first kappa shape index (κ1) is 60.2. The van der Waals surface area contributed by atoms with Gasteiger partial charge in [-0.1, -0.05) is 155 Å². The number of alkyl halides is 3. The molecule has 0 aliphatic heterocycles. The molecule has 2 aliphatic carbocycles. The van der Waals surface area contributed by atoms with E-state index < -0.39 is 41.6 Å².